The van der Waals surface area contributed by atoms with Gasteiger partial charge < -0.3 is 0 Å². The first-order chi connectivity index (χ1) is 5.33. The van der Waals surface area contributed by atoms with Crippen LogP contribution in [-0.4, -0.2) is 10.7 Å². The van der Waals surface area contributed by atoms with Crippen LogP contribution in [0.15, 0.2) is 18.3 Å². The molecule has 0 spiro atoms. The fraction of sp³-hybridized carbons (Fsp3) is 0.125. The maximum absolute atomic E-state index is 5.63. The zero-order chi connectivity index (χ0) is 8.10. The molecule has 3 heteroatoms. The minimum absolute atomic E-state index is 0.468. The summed E-state index contributed by atoms with van der Waals surface area (Å²) in [7, 11) is 0. The SMILES string of the molecule is SCC#Cc1ccnc(Cl)c1. The van der Waals surface area contributed by atoms with Gasteiger partial charge in [0.15, 0.2) is 0 Å². The van der Waals surface area contributed by atoms with Crippen molar-refractivity contribution in [2.75, 3.05) is 5.75 Å². The van der Waals surface area contributed by atoms with Crippen molar-refractivity contribution >= 4 is 24.2 Å². The molecule has 1 aromatic heterocycles. The van der Waals surface area contributed by atoms with Gasteiger partial charge in [0.05, 0.1) is 5.75 Å². The van der Waals surface area contributed by atoms with E-state index in [9.17, 15) is 0 Å². The van der Waals surface area contributed by atoms with E-state index in [1.165, 1.54) is 0 Å². The molecule has 0 aliphatic heterocycles. The van der Waals surface area contributed by atoms with Gasteiger partial charge in [-0.25, -0.2) is 4.98 Å². The first-order valence-electron chi connectivity index (χ1n) is 3.04. The summed E-state index contributed by atoms with van der Waals surface area (Å²) < 4.78 is 0. The summed E-state index contributed by atoms with van der Waals surface area (Å²) in [5, 5.41) is 0.468. The summed E-state index contributed by atoms with van der Waals surface area (Å²) >= 11 is 9.58. The molecule has 0 aliphatic rings. The van der Waals surface area contributed by atoms with Gasteiger partial charge in [-0.3, -0.25) is 0 Å². The quantitative estimate of drug-likeness (QED) is 0.369. The van der Waals surface area contributed by atoms with Gasteiger partial charge in [0.1, 0.15) is 5.15 Å². The van der Waals surface area contributed by atoms with Crippen LogP contribution in [0.25, 0.3) is 0 Å². The molecule has 0 saturated carbocycles. The minimum atomic E-state index is 0.468. The number of pyridine rings is 1. The Morgan fingerprint density at radius 1 is 1.64 bits per heavy atom. The summed E-state index contributed by atoms with van der Waals surface area (Å²) in [6.07, 6.45) is 1.63. The molecule has 1 heterocycles. The highest BCUT2D eigenvalue weighted by Crippen LogP contribution is 2.04. The van der Waals surface area contributed by atoms with E-state index in [1.54, 1.807) is 12.3 Å². The Balaban J connectivity index is 2.87. The summed E-state index contributed by atoms with van der Waals surface area (Å²) in [5.74, 6) is 6.26. The van der Waals surface area contributed by atoms with E-state index in [0.717, 1.165) is 5.56 Å². The molecule has 0 bridgehead atoms. The van der Waals surface area contributed by atoms with Gasteiger partial charge in [0.2, 0.25) is 0 Å². The Labute approximate surface area is 76.2 Å². The second kappa shape index (κ2) is 4.27. The van der Waals surface area contributed by atoms with Crippen molar-refractivity contribution < 1.29 is 0 Å². The Hall–Kier alpha value is -0.650. The van der Waals surface area contributed by atoms with Gasteiger partial charge >= 0.3 is 0 Å². The molecule has 1 rings (SSSR count). The molecule has 0 aliphatic carbocycles. The first kappa shape index (κ1) is 8.45. The summed E-state index contributed by atoms with van der Waals surface area (Å²) in [5.41, 5.74) is 0.874. The highest BCUT2D eigenvalue weighted by Gasteiger charge is 1.88. The van der Waals surface area contributed by atoms with E-state index in [1.807, 2.05) is 6.07 Å². The molecule has 0 amide bonds. The zero-order valence-electron chi connectivity index (χ0n) is 5.71. The van der Waals surface area contributed by atoms with Crippen molar-refractivity contribution in [1.82, 2.24) is 4.98 Å². The monoisotopic (exact) mass is 183 g/mol. The molecule has 0 radical (unpaired) electrons. The molecule has 0 fully saturated rings. The van der Waals surface area contributed by atoms with Crippen LogP contribution in [0.2, 0.25) is 5.15 Å². The van der Waals surface area contributed by atoms with Crippen molar-refractivity contribution in [3.05, 3.63) is 29.0 Å². The lowest BCUT2D eigenvalue weighted by Gasteiger charge is -1.88. The molecule has 0 N–H and O–H groups in total. The molecule has 56 valence electrons. The van der Waals surface area contributed by atoms with Gasteiger partial charge in [-0.05, 0) is 12.1 Å². The predicted octanol–water partition coefficient (Wildman–Crippen LogP) is 2.02. The van der Waals surface area contributed by atoms with Crippen molar-refractivity contribution in [3.8, 4) is 11.8 Å². The number of nitrogens with zero attached hydrogens (tertiary/aromatic N) is 1. The van der Waals surface area contributed by atoms with Crippen LogP contribution < -0.4 is 0 Å². The lowest BCUT2D eigenvalue weighted by molar-refractivity contribution is 1.32. The van der Waals surface area contributed by atoms with Crippen LogP contribution in [-0.2, 0) is 0 Å². The van der Waals surface area contributed by atoms with Crippen molar-refractivity contribution in [2.24, 2.45) is 0 Å². The van der Waals surface area contributed by atoms with Crippen LogP contribution in [0.1, 0.15) is 5.56 Å². The third-order valence-corrected chi connectivity index (χ3v) is 1.40. The topological polar surface area (TPSA) is 12.9 Å². The Morgan fingerprint density at radius 3 is 3.09 bits per heavy atom. The van der Waals surface area contributed by atoms with Crippen LogP contribution in [0.3, 0.4) is 0 Å². The molecule has 11 heavy (non-hydrogen) atoms. The number of halogens is 1. The molecule has 0 atom stereocenters. The summed E-state index contributed by atoms with van der Waals surface area (Å²) in [6, 6.07) is 3.53. The minimum Gasteiger partial charge on any atom is -0.244 e. The molecule has 0 saturated heterocycles. The third kappa shape index (κ3) is 2.83. The molecule has 1 nitrogen and oxygen atoms in total. The second-order valence-electron chi connectivity index (χ2n) is 1.83. The lowest BCUT2D eigenvalue weighted by Crippen LogP contribution is -1.77. The standard InChI is InChI=1S/C8H6ClNS/c9-8-6-7(2-1-5-11)3-4-10-8/h3-4,6,11H,5H2. The molecule has 0 unspecified atom stereocenters. The largest absolute Gasteiger partial charge is 0.244 e. The molecular weight excluding hydrogens is 178 g/mol. The van der Waals surface area contributed by atoms with E-state index in [4.69, 9.17) is 11.6 Å². The Morgan fingerprint density at radius 2 is 2.45 bits per heavy atom. The average Bonchev–Trinajstić information content (AvgIpc) is 2.01. The van der Waals surface area contributed by atoms with E-state index < -0.39 is 0 Å². The van der Waals surface area contributed by atoms with Crippen LogP contribution >= 0.6 is 24.2 Å². The number of thiol groups is 1. The fourth-order valence-electron chi connectivity index (χ4n) is 0.622. The number of rotatable bonds is 0. The first-order valence-corrected chi connectivity index (χ1v) is 4.05. The predicted molar refractivity (Wildman–Crippen MR) is 50.0 cm³/mol. The lowest BCUT2D eigenvalue weighted by atomic mass is 10.3. The average molecular weight is 184 g/mol. The summed E-state index contributed by atoms with van der Waals surface area (Å²) in [6.45, 7) is 0. The zero-order valence-corrected chi connectivity index (χ0v) is 7.36. The van der Waals surface area contributed by atoms with E-state index in [-0.39, 0.29) is 0 Å². The van der Waals surface area contributed by atoms with E-state index >= 15 is 0 Å². The molecule has 1 aromatic rings. The van der Waals surface area contributed by atoms with Gasteiger partial charge in [0.25, 0.3) is 0 Å². The maximum Gasteiger partial charge on any atom is 0.130 e. The second-order valence-corrected chi connectivity index (χ2v) is 2.53. The Bertz CT molecular complexity index is 300. The number of hydrogen-bond donors (Lipinski definition) is 1. The van der Waals surface area contributed by atoms with Crippen molar-refractivity contribution in [2.45, 2.75) is 0 Å². The number of hydrogen-bond acceptors (Lipinski definition) is 2. The van der Waals surface area contributed by atoms with Gasteiger partial charge in [-0.15, -0.1) is 0 Å². The van der Waals surface area contributed by atoms with E-state index in [2.05, 4.69) is 29.5 Å². The molecular formula is C8H6ClNS. The van der Waals surface area contributed by atoms with Gasteiger partial charge in [-0.2, -0.15) is 12.6 Å². The maximum atomic E-state index is 5.63. The van der Waals surface area contributed by atoms with Crippen molar-refractivity contribution in [1.29, 1.82) is 0 Å². The van der Waals surface area contributed by atoms with Crippen LogP contribution in [0, 0.1) is 11.8 Å². The summed E-state index contributed by atoms with van der Waals surface area (Å²) in [4.78, 5) is 3.83. The van der Waals surface area contributed by atoms with Crippen molar-refractivity contribution in [3.63, 3.8) is 0 Å². The third-order valence-electron chi connectivity index (χ3n) is 1.04. The van der Waals surface area contributed by atoms with Crippen LogP contribution in [0.5, 0.6) is 0 Å². The van der Waals surface area contributed by atoms with Gasteiger partial charge in [-0.1, -0.05) is 23.4 Å². The van der Waals surface area contributed by atoms with E-state index in [0.29, 0.717) is 10.9 Å². The highest BCUT2D eigenvalue weighted by molar-refractivity contribution is 7.80. The Kier molecular flexibility index (Phi) is 3.28. The molecule has 0 aromatic carbocycles. The number of aromatic nitrogens is 1. The highest BCUT2D eigenvalue weighted by atomic mass is 35.5. The van der Waals surface area contributed by atoms with Crippen LogP contribution in [0.4, 0.5) is 0 Å². The van der Waals surface area contributed by atoms with Gasteiger partial charge in [0, 0.05) is 11.8 Å². The fourth-order valence-corrected chi connectivity index (χ4v) is 0.875. The normalized spacial score (nSPS) is 8.55. The smallest absolute Gasteiger partial charge is 0.130 e.